The van der Waals surface area contributed by atoms with Gasteiger partial charge in [0, 0.05) is 0 Å². The standard InChI is InChI=1S/C21H30O3/c1-17(5-3-7-19-9-11-23-15-19)13-21(22)14-18(2)6-4-8-20-10-12-24-16-20/h5,9-12,15-16,18,21-22H,3-4,6-8,13-14H2,1-2H3/b17-5+. The largest absolute Gasteiger partial charge is 0.472 e. The maximum atomic E-state index is 10.3. The highest BCUT2D eigenvalue weighted by Crippen LogP contribution is 2.19. The SMILES string of the molecule is C/C(=C\CCc1ccoc1)CC(O)CC(C)CCCc1ccoc1. The first-order chi connectivity index (χ1) is 11.6. The van der Waals surface area contributed by atoms with Gasteiger partial charge in [-0.25, -0.2) is 0 Å². The van der Waals surface area contributed by atoms with E-state index in [1.165, 1.54) is 16.7 Å². The van der Waals surface area contributed by atoms with Crippen molar-refractivity contribution >= 4 is 0 Å². The van der Waals surface area contributed by atoms with Gasteiger partial charge in [0.1, 0.15) is 0 Å². The lowest BCUT2D eigenvalue weighted by Crippen LogP contribution is -2.12. The minimum atomic E-state index is -0.237. The van der Waals surface area contributed by atoms with Crippen LogP contribution in [0.15, 0.2) is 57.7 Å². The van der Waals surface area contributed by atoms with E-state index in [0.29, 0.717) is 5.92 Å². The molecule has 0 aliphatic heterocycles. The monoisotopic (exact) mass is 330 g/mol. The second-order valence-electron chi connectivity index (χ2n) is 6.94. The topological polar surface area (TPSA) is 46.5 Å². The van der Waals surface area contributed by atoms with Gasteiger partial charge in [0.05, 0.1) is 31.2 Å². The third-order valence-corrected chi connectivity index (χ3v) is 4.48. The van der Waals surface area contributed by atoms with Crippen LogP contribution in [0.4, 0.5) is 0 Å². The lowest BCUT2D eigenvalue weighted by molar-refractivity contribution is 0.143. The number of aliphatic hydroxyl groups excluding tert-OH is 1. The van der Waals surface area contributed by atoms with E-state index in [-0.39, 0.29) is 6.10 Å². The van der Waals surface area contributed by atoms with Crippen LogP contribution in [0, 0.1) is 5.92 Å². The molecule has 0 bridgehead atoms. The van der Waals surface area contributed by atoms with Crippen LogP contribution in [0.25, 0.3) is 0 Å². The molecule has 3 heteroatoms. The van der Waals surface area contributed by atoms with Crippen molar-refractivity contribution in [1.82, 2.24) is 0 Å². The first-order valence-corrected chi connectivity index (χ1v) is 8.99. The number of aryl methyl sites for hydroxylation is 2. The fourth-order valence-electron chi connectivity index (χ4n) is 3.13. The smallest absolute Gasteiger partial charge is 0.0934 e. The van der Waals surface area contributed by atoms with Gasteiger partial charge in [-0.2, -0.15) is 0 Å². The van der Waals surface area contributed by atoms with Gasteiger partial charge in [-0.3, -0.25) is 0 Å². The fraction of sp³-hybridized carbons (Fsp3) is 0.524. The Kier molecular flexibility index (Phi) is 7.90. The Labute approximate surface area is 145 Å². The van der Waals surface area contributed by atoms with Crippen LogP contribution in [0.3, 0.4) is 0 Å². The third-order valence-electron chi connectivity index (χ3n) is 4.48. The highest BCUT2D eigenvalue weighted by molar-refractivity contribution is 5.08. The molecule has 0 amide bonds. The first kappa shape index (κ1) is 18.6. The second kappa shape index (κ2) is 10.2. The Bertz CT molecular complexity index is 566. The van der Waals surface area contributed by atoms with Crippen LogP contribution < -0.4 is 0 Å². The van der Waals surface area contributed by atoms with Gasteiger partial charge in [0.15, 0.2) is 0 Å². The predicted octanol–water partition coefficient (Wildman–Crippen LogP) is 5.55. The highest BCUT2D eigenvalue weighted by atomic mass is 16.3. The fourth-order valence-corrected chi connectivity index (χ4v) is 3.13. The van der Waals surface area contributed by atoms with Crippen molar-refractivity contribution in [3.63, 3.8) is 0 Å². The number of aliphatic hydroxyl groups is 1. The molecule has 2 heterocycles. The third kappa shape index (κ3) is 7.22. The number of allylic oxidation sites excluding steroid dienone is 1. The Hall–Kier alpha value is -1.74. The maximum absolute atomic E-state index is 10.3. The summed E-state index contributed by atoms with van der Waals surface area (Å²) >= 11 is 0. The molecule has 2 atom stereocenters. The molecule has 0 radical (unpaired) electrons. The van der Waals surface area contributed by atoms with Crippen LogP contribution in [0.2, 0.25) is 0 Å². The molecule has 2 aromatic rings. The molecule has 2 rings (SSSR count). The Morgan fingerprint density at radius 1 is 1.12 bits per heavy atom. The van der Waals surface area contributed by atoms with E-state index >= 15 is 0 Å². The summed E-state index contributed by atoms with van der Waals surface area (Å²) in [5.41, 5.74) is 3.77. The molecule has 0 aromatic carbocycles. The van der Waals surface area contributed by atoms with Gasteiger partial charge < -0.3 is 13.9 Å². The zero-order chi connectivity index (χ0) is 17.2. The summed E-state index contributed by atoms with van der Waals surface area (Å²) in [5, 5.41) is 10.3. The number of rotatable bonds is 11. The lowest BCUT2D eigenvalue weighted by Gasteiger charge is -2.16. The summed E-state index contributed by atoms with van der Waals surface area (Å²) in [4.78, 5) is 0. The maximum Gasteiger partial charge on any atom is 0.0934 e. The molecule has 0 fully saturated rings. The van der Waals surface area contributed by atoms with Crippen molar-refractivity contribution in [3.05, 3.63) is 60.0 Å². The molecule has 0 saturated carbocycles. The molecule has 1 N–H and O–H groups in total. The summed E-state index contributed by atoms with van der Waals surface area (Å²) in [5.74, 6) is 0.547. The number of furan rings is 2. The van der Waals surface area contributed by atoms with E-state index in [9.17, 15) is 5.11 Å². The molecule has 3 nitrogen and oxygen atoms in total. The molecule has 24 heavy (non-hydrogen) atoms. The summed E-state index contributed by atoms with van der Waals surface area (Å²) in [6.45, 7) is 4.35. The van der Waals surface area contributed by atoms with Crippen molar-refractivity contribution < 1.29 is 13.9 Å². The Morgan fingerprint density at radius 3 is 2.42 bits per heavy atom. The van der Waals surface area contributed by atoms with E-state index < -0.39 is 0 Å². The quantitative estimate of drug-likeness (QED) is 0.549. The first-order valence-electron chi connectivity index (χ1n) is 8.99. The second-order valence-corrected chi connectivity index (χ2v) is 6.94. The van der Waals surface area contributed by atoms with Gasteiger partial charge in [-0.05, 0) is 74.6 Å². The minimum Gasteiger partial charge on any atom is -0.472 e. The number of hydrogen-bond donors (Lipinski definition) is 1. The lowest BCUT2D eigenvalue weighted by atomic mass is 9.93. The summed E-state index contributed by atoms with van der Waals surface area (Å²) in [6, 6.07) is 4.03. The molecule has 0 saturated heterocycles. The molecule has 0 spiro atoms. The Balaban J connectivity index is 1.59. The van der Waals surface area contributed by atoms with Gasteiger partial charge >= 0.3 is 0 Å². The van der Waals surface area contributed by atoms with E-state index in [2.05, 4.69) is 19.9 Å². The van der Waals surface area contributed by atoms with Crippen molar-refractivity contribution in [2.75, 3.05) is 0 Å². The normalized spacial score (nSPS) is 14.7. The average Bonchev–Trinajstić information content (AvgIpc) is 3.20. The van der Waals surface area contributed by atoms with Gasteiger partial charge in [-0.1, -0.05) is 25.0 Å². The molecular weight excluding hydrogens is 300 g/mol. The molecule has 2 unspecified atom stereocenters. The van der Waals surface area contributed by atoms with E-state index in [1.54, 1.807) is 18.8 Å². The van der Waals surface area contributed by atoms with Crippen molar-refractivity contribution in [2.45, 2.75) is 64.9 Å². The van der Waals surface area contributed by atoms with E-state index in [1.807, 2.05) is 18.4 Å². The summed E-state index contributed by atoms with van der Waals surface area (Å²) in [7, 11) is 0. The Morgan fingerprint density at radius 2 is 1.79 bits per heavy atom. The van der Waals surface area contributed by atoms with Crippen LogP contribution >= 0.6 is 0 Å². The van der Waals surface area contributed by atoms with Gasteiger partial charge in [0.25, 0.3) is 0 Å². The minimum absolute atomic E-state index is 0.237. The van der Waals surface area contributed by atoms with E-state index in [4.69, 9.17) is 8.83 Å². The molecule has 132 valence electrons. The van der Waals surface area contributed by atoms with Gasteiger partial charge in [0.2, 0.25) is 0 Å². The van der Waals surface area contributed by atoms with Crippen LogP contribution in [-0.4, -0.2) is 11.2 Å². The molecule has 2 aromatic heterocycles. The van der Waals surface area contributed by atoms with Crippen LogP contribution in [0.5, 0.6) is 0 Å². The van der Waals surface area contributed by atoms with Crippen molar-refractivity contribution in [1.29, 1.82) is 0 Å². The summed E-state index contributed by atoms with van der Waals surface area (Å²) < 4.78 is 10.2. The zero-order valence-corrected chi connectivity index (χ0v) is 14.9. The van der Waals surface area contributed by atoms with Crippen LogP contribution in [0.1, 0.15) is 57.1 Å². The van der Waals surface area contributed by atoms with Gasteiger partial charge in [-0.15, -0.1) is 0 Å². The molecular formula is C21H30O3. The number of hydrogen-bond acceptors (Lipinski definition) is 3. The predicted molar refractivity (Wildman–Crippen MR) is 96.8 cm³/mol. The van der Waals surface area contributed by atoms with Crippen molar-refractivity contribution in [3.8, 4) is 0 Å². The van der Waals surface area contributed by atoms with Crippen LogP contribution in [-0.2, 0) is 12.8 Å². The molecule has 0 aliphatic rings. The molecule has 0 aliphatic carbocycles. The average molecular weight is 330 g/mol. The van der Waals surface area contributed by atoms with Crippen molar-refractivity contribution in [2.24, 2.45) is 5.92 Å². The highest BCUT2D eigenvalue weighted by Gasteiger charge is 2.11. The zero-order valence-electron chi connectivity index (χ0n) is 14.9. The summed E-state index contributed by atoms with van der Waals surface area (Å²) in [6.07, 6.45) is 16.0. The van der Waals surface area contributed by atoms with E-state index in [0.717, 1.165) is 44.9 Å².